The number of piperidine rings is 1. The van der Waals surface area contributed by atoms with Crippen molar-refractivity contribution >= 4 is 29.3 Å². The van der Waals surface area contributed by atoms with Gasteiger partial charge in [-0.3, -0.25) is 29.4 Å². The van der Waals surface area contributed by atoms with Crippen molar-refractivity contribution in [2.75, 3.05) is 18.5 Å². The third kappa shape index (κ3) is 4.23. The summed E-state index contributed by atoms with van der Waals surface area (Å²) in [4.78, 5) is 55.3. The van der Waals surface area contributed by atoms with Gasteiger partial charge in [0, 0.05) is 17.7 Å². The Morgan fingerprint density at radius 1 is 1.08 bits per heavy atom. The first-order chi connectivity index (χ1) is 18.0. The van der Waals surface area contributed by atoms with Crippen molar-refractivity contribution in [1.29, 1.82) is 0 Å². The van der Waals surface area contributed by atoms with Gasteiger partial charge in [0.1, 0.15) is 23.7 Å². The Bertz CT molecular complexity index is 1430. The van der Waals surface area contributed by atoms with Gasteiger partial charge < -0.3 is 19.2 Å². The zero-order valence-electron chi connectivity index (χ0n) is 19.6. The first kappa shape index (κ1) is 22.9. The van der Waals surface area contributed by atoms with Gasteiger partial charge in [-0.2, -0.15) is 0 Å². The van der Waals surface area contributed by atoms with Gasteiger partial charge in [-0.05, 0) is 36.8 Å². The number of nitrogens with one attached hydrogen (secondary N) is 2. The standard InChI is InChI=1S/C26H22N4O7/c31-21-8-7-20(23(32)29-21)30-25(33)18-5-2-6-19(22(18)26(30)34)27-10-16-11-28-24(37-16)14-3-1-4-15(9-14)36-17-12-35-13-17/h1-6,9,11,17,20,27H,7-8,10,12-13H2,(H,29,31,32). The average Bonchev–Trinajstić information content (AvgIpc) is 3.44. The van der Waals surface area contributed by atoms with E-state index in [1.165, 1.54) is 0 Å². The maximum absolute atomic E-state index is 13.2. The van der Waals surface area contributed by atoms with Gasteiger partial charge in [-0.1, -0.05) is 12.1 Å². The number of hydrogen-bond donors (Lipinski definition) is 2. The lowest BCUT2D eigenvalue weighted by Crippen LogP contribution is -2.54. The molecule has 188 valence electrons. The van der Waals surface area contributed by atoms with Crippen LogP contribution in [0, 0.1) is 0 Å². The molecular weight excluding hydrogens is 480 g/mol. The highest BCUT2D eigenvalue weighted by atomic mass is 16.6. The third-order valence-corrected chi connectivity index (χ3v) is 6.47. The van der Waals surface area contributed by atoms with Crippen molar-refractivity contribution in [3.63, 3.8) is 0 Å². The Kier molecular flexibility index (Phi) is 5.68. The van der Waals surface area contributed by atoms with Crippen LogP contribution in [0.15, 0.2) is 53.1 Å². The number of imide groups is 2. The molecule has 1 unspecified atom stereocenters. The smallest absolute Gasteiger partial charge is 0.264 e. The molecule has 6 rings (SSSR count). The van der Waals surface area contributed by atoms with Crippen LogP contribution in [0.25, 0.3) is 11.5 Å². The van der Waals surface area contributed by atoms with Crippen LogP contribution in [0.4, 0.5) is 5.69 Å². The summed E-state index contributed by atoms with van der Waals surface area (Å²) in [5.41, 5.74) is 1.57. The molecule has 0 bridgehead atoms. The number of rotatable bonds is 7. The second-order valence-corrected chi connectivity index (χ2v) is 8.97. The molecule has 2 N–H and O–H groups in total. The number of amides is 4. The third-order valence-electron chi connectivity index (χ3n) is 6.47. The Morgan fingerprint density at radius 3 is 2.70 bits per heavy atom. The molecule has 1 atom stereocenters. The molecule has 0 aliphatic carbocycles. The zero-order chi connectivity index (χ0) is 25.5. The highest BCUT2D eigenvalue weighted by Crippen LogP contribution is 2.33. The second-order valence-electron chi connectivity index (χ2n) is 8.97. The quantitative estimate of drug-likeness (QED) is 0.465. The maximum Gasteiger partial charge on any atom is 0.264 e. The summed E-state index contributed by atoms with van der Waals surface area (Å²) in [5.74, 6) is -0.568. The van der Waals surface area contributed by atoms with Gasteiger partial charge in [0.25, 0.3) is 11.8 Å². The van der Waals surface area contributed by atoms with E-state index in [1.807, 2.05) is 24.3 Å². The van der Waals surface area contributed by atoms with Crippen molar-refractivity contribution in [2.45, 2.75) is 31.5 Å². The summed E-state index contributed by atoms with van der Waals surface area (Å²) in [5, 5.41) is 5.34. The number of nitrogens with zero attached hydrogens (tertiary/aromatic N) is 2. The van der Waals surface area contributed by atoms with E-state index in [-0.39, 0.29) is 36.6 Å². The van der Waals surface area contributed by atoms with E-state index < -0.39 is 29.7 Å². The molecule has 3 aliphatic rings. The molecular formula is C26H22N4O7. The number of aromatic nitrogens is 1. The van der Waals surface area contributed by atoms with Crippen LogP contribution >= 0.6 is 0 Å². The predicted molar refractivity (Wildman–Crippen MR) is 128 cm³/mol. The van der Waals surface area contributed by atoms with E-state index in [9.17, 15) is 19.2 Å². The first-order valence-electron chi connectivity index (χ1n) is 11.9. The molecule has 0 saturated carbocycles. The van der Waals surface area contributed by atoms with Crippen molar-refractivity contribution in [3.05, 3.63) is 65.5 Å². The minimum absolute atomic E-state index is 0.0488. The summed E-state index contributed by atoms with van der Waals surface area (Å²) in [6, 6.07) is 11.3. The van der Waals surface area contributed by atoms with E-state index >= 15 is 0 Å². The number of carbonyl (C=O) groups excluding carboxylic acids is 4. The number of benzene rings is 2. The van der Waals surface area contributed by atoms with E-state index in [2.05, 4.69) is 15.6 Å². The van der Waals surface area contributed by atoms with Gasteiger partial charge in [0.2, 0.25) is 17.7 Å². The SMILES string of the molecule is O=C1CCC(N2C(=O)c3cccc(NCc4cnc(-c5cccc(OC6COC6)c5)o4)c3C2=O)C(=O)N1. The van der Waals surface area contributed by atoms with Crippen molar-refractivity contribution < 1.29 is 33.1 Å². The number of carbonyl (C=O) groups is 4. The molecule has 2 fully saturated rings. The fraction of sp³-hybridized carbons (Fsp3) is 0.269. The zero-order valence-corrected chi connectivity index (χ0v) is 19.6. The molecule has 0 spiro atoms. The van der Waals surface area contributed by atoms with Gasteiger partial charge in [-0.15, -0.1) is 0 Å². The topological polar surface area (TPSA) is 140 Å². The maximum atomic E-state index is 13.2. The van der Waals surface area contributed by atoms with Gasteiger partial charge in [0.15, 0.2) is 0 Å². The Hall–Kier alpha value is -4.51. The molecule has 0 radical (unpaired) electrons. The Balaban J connectivity index is 1.17. The van der Waals surface area contributed by atoms with Crippen molar-refractivity contribution in [3.8, 4) is 17.2 Å². The number of ether oxygens (including phenoxy) is 2. The minimum Gasteiger partial charge on any atom is -0.486 e. The Morgan fingerprint density at radius 2 is 1.92 bits per heavy atom. The van der Waals surface area contributed by atoms with Crippen LogP contribution in [0.3, 0.4) is 0 Å². The molecule has 1 aromatic heterocycles. The molecule has 4 amide bonds. The van der Waals surface area contributed by atoms with Crippen LogP contribution in [-0.4, -0.2) is 58.9 Å². The highest BCUT2D eigenvalue weighted by molar-refractivity contribution is 6.25. The minimum atomic E-state index is -1.02. The van der Waals surface area contributed by atoms with Crippen LogP contribution in [0.2, 0.25) is 0 Å². The summed E-state index contributed by atoms with van der Waals surface area (Å²) in [6.45, 7) is 1.35. The van der Waals surface area contributed by atoms with E-state index in [4.69, 9.17) is 13.9 Å². The fourth-order valence-corrected chi connectivity index (χ4v) is 4.54. The molecule has 37 heavy (non-hydrogen) atoms. The molecule has 2 aromatic carbocycles. The summed E-state index contributed by atoms with van der Waals surface area (Å²) < 4.78 is 16.9. The van der Waals surface area contributed by atoms with Crippen molar-refractivity contribution in [1.82, 2.24) is 15.2 Å². The van der Waals surface area contributed by atoms with Crippen LogP contribution in [-0.2, 0) is 20.9 Å². The summed E-state index contributed by atoms with van der Waals surface area (Å²) >= 11 is 0. The van der Waals surface area contributed by atoms with E-state index in [0.717, 1.165) is 10.5 Å². The molecule has 2 saturated heterocycles. The lowest BCUT2D eigenvalue weighted by molar-refractivity contribution is -0.136. The number of hydrogen-bond acceptors (Lipinski definition) is 9. The lowest BCUT2D eigenvalue weighted by atomic mass is 10.0. The number of fused-ring (bicyclic) bond motifs is 1. The summed E-state index contributed by atoms with van der Waals surface area (Å²) in [7, 11) is 0. The number of oxazole rings is 1. The second kappa shape index (κ2) is 9.17. The molecule has 11 heteroatoms. The lowest BCUT2D eigenvalue weighted by Gasteiger charge is -2.27. The average molecular weight is 502 g/mol. The Labute approximate surface area is 210 Å². The highest BCUT2D eigenvalue weighted by Gasteiger charge is 2.45. The molecule has 4 heterocycles. The normalized spacial score (nSPS) is 19.5. The predicted octanol–water partition coefficient (Wildman–Crippen LogP) is 2.13. The van der Waals surface area contributed by atoms with Gasteiger partial charge in [-0.25, -0.2) is 4.98 Å². The number of anilines is 1. The van der Waals surface area contributed by atoms with E-state index in [0.29, 0.717) is 36.3 Å². The molecule has 3 aliphatic heterocycles. The molecule has 3 aromatic rings. The monoisotopic (exact) mass is 502 g/mol. The van der Waals surface area contributed by atoms with E-state index in [1.54, 1.807) is 24.4 Å². The molecule has 11 nitrogen and oxygen atoms in total. The van der Waals surface area contributed by atoms with Crippen molar-refractivity contribution in [2.24, 2.45) is 0 Å². The first-order valence-corrected chi connectivity index (χ1v) is 11.9. The van der Waals surface area contributed by atoms with Crippen LogP contribution < -0.4 is 15.4 Å². The summed E-state index contributed by atoms with van der Waals surface area (Å²) in [6.07, 6.45) is 1.79. The van der Waals surface area contributed by atoms with Gasteiger partial charge >= 0.3 is 0 Å². The van der Waals surface area contributed by atoms with Crippen LogP contribution in [0.1, 0.15) is 39.3 Å². The largest absolute Gasteiger partial charge is 0.486 e. The van der Waals surface area contributed by atoms with Crippen LogP contribution in [0.5, 0.6) is 5.75 Å². The fourth-order valence-electron chi connectivity index (χ4n) is 4.54. The van der Waals surface area contributed by atoms with Gasteiger partial charge in [0.05, 0.1) is 37.1 Å².